The van der Waals surface area contributed by atoms with E-state index in [-0.39, 0.29) is 12.5 Å². The van der Waals surface area contributed by atoms with Crippen molar-refractivity contribution in [3.05, 3.63) is 50.1 Å². The Labute approximate surface area is 158 Å². The molecule has 2 aromatic carbocycles. The molecule has 1 amide bonds. The molecule has 0 aliphatic carbocycles. The molecular formula is C17H15ClINO4. The van der Waals surface area contributed by atoms with Crippen LogP contribution in [0.3, 0.4) is 0 Å². The predicted molar refractivity (Wildman–Crippen MR) is 101 cm³/mol. The summed E-state index contributed by atoms with van der Waals surface area (Å²) in [5, 5.41) is 3.29. The molecule has 0 saturated heterocycles. The third-order valence-corrected chi connectivity index (χ3v) is 4.40. The van der Waals surface area contributed by atoms with Crippen molar-refractivity contribution in [2.45, 2.75) is 6.92 Å². The maximum absolute atomic E-state index is 12.0. The lowest BCUT2D eigenvalue weighted by molar-refractivity contribution is -0.118. The van der Waals surface area contributed by atoms with Crippen LogP contribution in [0.15, 0.2) is 30.3 Å². The summed E-state index contributed by atoms with van der Waals surface area (Å²) in [5.41, 5.74) is 2.00. The Balaban J connectivity index is 2.06. The van der Waals surface area contributed by atoms with E-state index in [0.717, 1.165) is 11.8 Å². The molecule has 0 radical (unpaired) electrons. The van der Waals surface area contributed by atoms with Crippen LogP contribution in [-0.2, 0) is 4.79 Å². The number of nitrogens with one attached hydrogen (secondary N) is 1. The SMILES string of the molecule is COc1cc(C=O)cc(I)c1OCC(=O)Nc1ccc(C)c(Cl)c1. The van der Waals surface area contributed by atoms with Crippen LogP contribution in [0.2, 0.25) is 5.02 Å². The van der Waals surface area contributed by atoms with Gasteiger partial charge in [-0.05, 0) is 59.3 Å². The number of carbonyl (C=O) groups is 2. The molecule has 126 valence electrons. The summed E-state index contributed by atoms with van der Waals surface area (Å²) in [5.74, 6) is 0.489. The highest BCUT2D eigenvalue weighted by Gasteiger charge is 2.13. The summed E-state index contributed by atoms with van der Waals surface area (Å²) in [7, 11) is 1.47. The number of ether oxygens (including phenoxy) is 2. The molecule has 0 aromatic heterocycles. The van der Waals surface area contributed by atoms with Crippen molar-refractivity contribution in [1.29, 1.82) is 0 Å². The molecule has 0 atom stereocenters. The molecule has 1 N–H and O–H groups in total. The summed E-state index contributed by atoms with van der Waals surface area (Å²) in [4.78, 5) is 22.9. The fraction of sp³-hybridized carbons (Fsp3) is 0.176. The first-order valence-corrected chi connectivity index (χ1v) is 8.41. The number of carbonyl (C=O) groups excluding carboxylic acids is 2. The Morgan fingerprint density at radius 1 is 1.33 bits per heavy atom. The third kappa shape index (κ3) is 4.61. The monoisotopic (exact) mass is 459 g/mol. The smallest absolute Gasteiger partial charge is 0.262 e. The highest BCUT2D eigenvalue weighted by atomic mass is 127. The van der Waals surface area contributed by atoms with Crippen LogP contribution in [-0.4, -0.2) is 25.9 Å². The van der Waals surface area contributed by atoms with Gasteiger partial charge >= 0.3 is 0 Å². The predicted octanol–water partition coefficient (Wildman–Crippen LogP) is 4.09. The normalized spacial score (nSPS) is 10.2. The van der Waals surface area contributed by atoms with Crippen LogP contribution >= 0.6 is 34.2 Å². The van der Waals surface area contributed by atoms with Gasteiger partial charge in [0, 0.05) is 16.3 Å². The molecule has 0 heterocycles. The van der Waals surface area contributed by atoms with Crippen LogP contribution in [0.4, 0.5) is 5.69 Å². The van der Waals surface area contributed by atoms with E-state index in [2.05, 4.69) is 5.32 Å². The van der Waals surface area contributed by atoms with Gasteiger partial charge in [0.15, 0.2) is 18.1 Å². The fourth-order valence-corrected chi connectivity index (χ4v) is 2.91. The number of hydrogen-bond donors (Lipinski definition) is 1. The summed E-state index contributed by atoms with van der Waals surface area (Å²) in [6.07, 6.45) is 0.725. The van der Waals surface area contributed by atoms with Gasteiger partial charge in [-0.15, -0.1) is 0 Å². The zero-order valence-corrected chi connectivity index (χ0v) is 16.0. The minimum absolute atomic E-state index is 0.196. The molecule has 24 heavy (non-hydrogen) atoms. The number of rotatable bonds is 6. The van der Waals surface area contributed by atoms with Crippen molar-refractivity contribution in [1.82, 2.24) is 0 Å². The Hall–Kier alpha value is -1.80. The fourth-order valence-electron chi connectivity index (χ4n) is 1.95. The topological polar surface area (TPSA) is 64.6 Å². The van der Waals surface area contributed by atoms with Crippen molar-refractivity contribution in [2.24, 2.45) is 0 Å². The Bertz CT molecular complexity index is 779. The number of halogens is 2. The first-order chi connectivity index (χ1) is 11.4. The number of hydrogen-bond acceptors (Lipinski definition) is 4. The Morgan fingerprint density at radius 2 is 2.08 bits per heavy atom. The van der Waals surface area contributed by atoms with Gasteiger partial charge in [-0.25, -0.2) is 0 Å². The molecule has 2 rings (SSSR count). The summed E-state index contributed by atoms with van der Waals surface area (Å²) >= 11 is 8.05. The van der Waals surface area contributed by atoms with Crippen LogP contribution in [0, 0.1) is 10.5 Å². The number of aldehydes is 1. The summed E-state index contributed by atoms with van der Waals surface area (Å²) in [6.45, 7) is 1.69. The Kier molecular flexibility index (Phi) is 6.44. The quantitative estimate of drug-likeness (QED) is 0.522. The molecule has 2 aromatic rings. The average molecular weight is 460 g/mol. The van der Waals surface area contributed by atoms with Crippen LogP contribution in [0.5, 0.6) is 11.5 Å². The van der Waals surface area contributed by atoms with Gasteiger partial charge in [0.25, 0.3) is 5.91 Å². The molecule has 0 bridgehead atoms. The largest absolute Gasteiger partial charge is 0.493 e. The van der Waals surface area contributed by atoms with Gasteiger partial charge < -0.3 is 14.8 Å². The molecule has 5 nitrogen and oxygen atoms in total. The molecule has 0 unspecified atom stereocenters. The number of anilines is 1. The molecule has 0 fully saturated rings. The lowest BCUT2D eigenvalue weighted by Gasteiger charge is -2.13. The first-order valence-electron chi connectivity index (χ1n) is 6.96. The van der Waals surface area contributed by atoms with E-state index < -0.39 is 0 Å². The van der Waals surface area contributed by atoms with E-state index in [0.29, 0.717) is 31.3 Å². The van der Waals surface area contributed by atoms with Crippen molar-refractivity contribution in [3.63, 3.8) is 0 Å². The zero-order chi connectivity index (χ0) is 17.7. The summed E-state index contributed by atoms with van der Waals surface area (Å²) in [6, 6.07) is 8.48. The van der Waals surface area contributed by atoms with E-state index >= 15 is 0 Å². The standard InChI is InChI=1S/C17H15ClINO4/c1-10-3-4-12(7-13(10)18)20-16(22)9-24-17-14(19)5-11(8-21)6-15(17)23-2/h3-8H,9H2,1-2H3,(H,20,22). The zero-order valence-electron chi connectivity index (χ0n) is 13.1. The van der Waals surface area contributed by atoms with E-state index in [4.69, 9.17) is 21.1 Å². The van der Waals surface area contributed by atoms with Gasteiger partial charge in [-0.2, -0.15) is 0 Å². The number of methoxy groups -OCH3 is 1. The van der Waals surface area contributed by atoms with Crippen LogP contribution < -0.4 is 14.8 Å². The van der Waals surface area contributed by atoms with Crippen LogP contribution in [0.1, 0.15) is 15.9 Å². The molecular weight excluding hydrogens is 445 g/mol. The van der Waals surface area contributed by atoms with Crippen molar-refractivity contribution >= 4 is 52.1 Å². The van der Waals surface area contributed by atoms with Crippen LogP contribution in [0.25, 0.3) is 0 Å². The van der Waals surface area contributed by atoms with Gasteiger partial charge in [0.05, 0.1) is 10.7 Å². The van der Waals surface area contributed by atoms with E-state index in [1.54, 1.807) is 24.3 Å². The van der Waals surface area contributed by atoms with Crippen molar-refractivity contribution in [3.8, 4) is 11.5 Å². The number of amides is 1. The maximum atomic E-state index is 12.0. The number of benzene rings is 2. The number of aryl methyl sites for hydroxylation is 1. The second kappa shape index (κ2) is 8.34. The highest BCUT2D eigenvalue weighted by Crippen LogP contribution is 2.33. The maximum Gasteiger partial charge on any atom is 0.262 e. The van der Waals surface area contributed by atoms with Gasteiger partial charge in [-0.3, -0.25) is 9.59 Å². The lowest BCUT2D eigenvalue weighted by atomic mass is 10.2. The van der Waals surface area contributed by atoms with Gasteiger partial charge in [0.1, 0.15) is 6.29 Å². The van der Waals surface area contributed by atoms with Crippen molar-refractivity contribution in [2.75, 3.05) is 19.0 Å². The minimum Gasteiger partial charge on any atom is -0.493 e. The van der Waals surface area contributed by atoms with E-state index in [1.807, 2.05) is 35.6 Å². The van der Waals surface area contributed by atoms with Gasteiger partial charge in [-0.1, -0.05) is 17.7 Å². The average Bonchev–Trinajstić information content (AvgIpc) is 2.56. The highest BCUT2D eigenvalue weighted by molar-refractivity contribution is 14.1. The summed E-state index contributed by atoms with van der Waals surface area (Å²) < 4.78 is 11.4. The molecule has 0 aliphatic rings. The second-order valence-electron chi connectivity index (χ2n) is 4.95. The Morgan fingerprint density at radius 3 is 2.71 bits per heavy atom. The molecule has 0 spiro atoms. The third-order valence-electron chi connectivity index (χ3n) is 3.19. The molecule has 0 aliphatic heterocycles. The molecule has 7 heteroatoms. The minimum atomic E-state index is -0.327. The van der Waals surface area contributed by atoms with E-state index in [9.17, 15) is 9.59 Å². The first kappa shape index (κ1) is 18.5. The van der Waals surface area contributed by atoms with E-state index in [1.165, 1.54) is 7.11 Å². The van der Waals surface area contributed by atoms with Crippen molar-refractivity contribution < 1.29 is 19.1 Å². The second-order valence-corrected chi connectivity index (χ2v) is 6.52. The van der Waals surface area contributed by atoms with Gasteiger partial charge in [0.2, 0.25) is 0 Å². The lowest BCUT2D eigenvalue weighted by Crippen LogP contribution is -2.20. The molecule has 0 saturated carbocycles.